The quantitative estimate of drug-likeness (QED) is 0.201. The van der Waals surface area contributed by atoms with E-state index in [2.05, 4.69) is 132 Å². The fourth-order valence-electron chi connectivity index (χ4n) is 10.2. The molecular formula is C41H70Cl2. The van der Waals surface area contributed by atoms with Crippen molar-refractivity contribution in [3.63, 3.8) is 0 Å². The van der Waals surface area contributed by atoms with Gasteiger partial charge in [0.1, 0.15) is 0 Å². The van der Waals surface area contributed by atoms with Gasteiger partial charge >= 0.3 is 0 Å². The molecule has 0 heterocycles. The van der Waals surface area contributed by atoms with Crippen LogP contribution in [0.15, 0.2) is 0 Å². The first-order chi connectivity index (χ1) is 18.8. The third-order valence-corrected chi connectivity index (χ3v) is 14.4. The molecule has 248 valence electrons. The van der Waals surface area contributed by atoms with Gasteiger partial charge in [0.2, 0.25) is 0 Å². The summed E-state index contributed by atoms with van der Waals surface area (Å²) < 4.78 is 0. The lowest BCUT2D eigenvalue weighted by atomic mass is 9.44. The summed E-state index contributed by atoms with van der Waals surface area (Å²) in [5.74, 6) is 0.612. The summed E-state index contributed by atoms with van der Waals surface area (Å²) in [5.41, 5.74) is 11.2. The van der Waals surface area contributed by atoms with Crippen molar-refractivity contribution in [1.82, 2.24) is 0 Å². The largest absolute Gasteiger partial charge is 0.120 e. The van der Waals surface area contributed by atoms with Crippen LogP contribution in [0, 0.1) is 46.8 Å². The number of rotatable bonds is 12. The normalized spacial score (nSPS) is 24.2. The molecule has 0 fully saturated rings. The molecule has 0 radical (unpaired) electrons. The summed E-state index contributed by atoms with van der Waals surface area (Å²) in [5, 5.41) is 0. The number of halogens is 2. The van der Waals surface area contributed by atoms with Crippen LogP contribution in [0.25, 0.3) is 0 Å². The maximum Gasteiger partial charge on any atom is 0.0396 e. The van der Waals surface area contributed by atoms with Crippen LogP contribution in [0.4, 0.5) is 0 Å². The monoisotopic (exact) mass is 632 g/mol. The van der Waals surface area contributed by atoms with Gasteiger partial charge in [-0.05, 0) is 152 Å². The minimum absolute atomic E-state index is 0.143. The first-order valence-electron chi connectivity index (χ1n) is 17.3. The van der Waals surface area contributed by atoms with E-state index < -0.39 is 0 Å². The van der Waals surface area contributed by atoms with Gasteiger partial charge in [0.05, 0.1) is 0 Å². The lowest BCUT2D eigenvalue weighted by molar-refractivity contribution is 0.00134. The molecular weight excluding hydrogens is 563 g/mol. The van der Waals surface area contributed by atoms with E-state index in [1.165, 1.54) is 25.7 Å². The summed E-state index contributed by atoms with van der Waals surface area (Å²) >= 11 is 13.6. The van der Waals surface area contributed by atoms with Crippen LogP contribution in [-0.2, 0) is 23.7 Å². The van der Waals surface area contributed by atoms with Crippen LogP contribution in [0.5, 0.6) is 0 Å². The third-order valence-electron chi connectivity index (χ3n) is 14.1. The SMILES string of the molecule is Cc1c2c(c(C)c3c1C(C)(C(C)CC(C)(C)C(C)(C)CC(C)(C)Cl)C3)C(C)(C(C)(C)CC(C)(C)C(C)(C)CC(C)(C)Cl)C2. The first kappa shape index (κ1) is 37.3. The van der Waals surface area contributed by atoms with E-state index in [1.54, 1.807) is 33.4 Å². The number of benzene rings is 1. The standard InChI is InChI=1S/C41H70Cl2/c1-26(20-33(4,5)35(8,9)24-38(14,15)42)40(18)21-29-28(3)32-30(27(2)31(29)40)22-41(32,19)37(12,13)23-34(6,7)36(10,11)25-39(16,17)43/h26H,20-25H2,1-19H3. The van der Waals surface area contributed by atoms with Crippen LogP contribution in [0.1, 0.15) is 177 Å². The number of hydrogen-bond donors (Lipinski definition) is 0. The fraction of sp³-hybridized carbons (Fsp3) is 0.854. The molecule has 3 atom stereocenters. The zero-order chi connectivity index (χ0) is 33.8. The summed E-state index contributed by atoms with van der Waals surface area (Å²) in [7, 11) is 0. The topological polar surface area (TPSA) is 0 Å². The summed E-state index contributed by atoms with van der Waals surface area (Å²) in [6, 6.07) is 0. The minimum atomic E-state index is -0.191. The Morgan fingerprint density at radius 2 is 0.953 bits per heavy atom. The van der Waals surface area contributed by atoms with Crippen molar-refractivity contribution < 1.29 is 0 Å². The van der Waals surface area contributed by atoms with Crippen LogP contribution in [-0.4, -0.2) is 9.75 Å². The number of fused-ring (bicyclic) bond motifs is 2. The molecule has 2 heteroatoms. The highest BCUT2D eigenvalue weighted by Crippen LogP contribution is 2.64. The molecule has 1 aromatic carbocycles. The zero-order valence-corrected chi connectivity index (χ0v) is 33.6. The van der Waals surface area contributed by atoms with E-state index in [1.807, 2.05) is 0 Å². The first-order valence-corrected chi connectivity index (χ1v) is 18.0. The molecule has 0 spiro atoms. The number of alkyl halides is 2. The Labute approximate surface area is 279 Å². The van der Waals surface area contributed by atoms with Crippen molar-refractivity contribution in [1.29, 1.82) is 0 Å². The second kappa shape index (κ2) is 10.7. The van der Waals surface area contributed by atoms with Crippen LogP contribution < -0.4 is 0 Å². The van der Waals surface area contributed by atoms with Gasteiger partial charge in [0, 0.05) is 15.2 Å². The van der Waals surface area contributed by atoms with Crippen molar-refractivity contribution in [3.8, 4) is 0 Å². The Morgan fingerprint density at radius 3 is 1.40 bits per heavy atom. The van der Waals surface area contributed by atoms with Gasteiger partial charge in [-0.25, -0.2) is 0 Å². The van der Waals surface area contributed by atoms with Crippen molar-refractivity contribution in [2.24, 2.45) is 33.0 Å². The van der Waals surface area contributed by atoms with Gasteiger partial charge < -0.3 is 0 Å². The molecule has 43 heavy (non-hydrogen) atoms. The second-order valence-corrected chi connectivity index (χ2v) is 22.6. The molecule has 0 bridgehead atoms. The van der Waals surface area contributed by atoms with Crippen molar-refractivity contribution in [3.05, 3.63) is 33.4 Å². The Bertz CT molecular complexity index is 1210. The molecule has 0 aromatic heterocycles. The summed E-state index contributed by atoms with van der Waals surface area (Å²) in [6.45, 7) is 46.0. The predicted octanol–water partition coefficient (Wildman–Crippen LogP) is 13.3. The molecule has 2 aliphatic carbocycles. The van der Waals surface area contributed by atoms with Gasteiger partial charge in [0.25, 0.3) is 0 Å². The Hall–Kier alpha value is -0.200. The molecule has 3 unspecified atom stereocenters. The van der Waals surface area contributed by atoms with Gasteiger partial charge in [-0.15, -0.1) is 23.2 Å². The van der Waals surface area contributed by atoms with Crippen LogP contribution in [0.2, 0.25) is 0 Å². The van der Waals surface area contributed by atoms with E-state index in [4.69, 9.17) is 23.2 Å². The van der Waals surface area contributed by atoms with Crippen molar-refractivity contribution >= 4 is 23.2 Å². The lowest BCUT2D eigenvalue weighted by Crippen LogP contribution is -2.54. The second-order valence-electron chi connectivity index (χ2n) is 20.6. The van der Waals surface area contributed by atoms with E-state index >= 15 is 0 Å². The highest BCUT2D eigenvalue weighted by Gasteiger charge is 2.57. The maximum absolute atomic E-state index is 6.79. The summed E-state index contributed by atoms with van der Waals surface area (Å²) in [4.78, 5) is -0.373. The average molecular weight is 634 g/mol. The molecule has 0 nitrogen and oxygen atoms in total. The molecule has 0 N–H and O–H groups in total. The minimum Gasteiger partial charge on any atom is -0.120 e. The van der Waals surface area contributed by atoms with E-state index in [9.17, 15) is 0 Å². The molecule has 0 saturated heterocycles. The van der Waals surface area contributed by atoms with E-state index in [-0.39, 0.29) is 47.7 Å². The molecule has 0 saturated carbocycles. The lowest BCUT2D eigenvalue weighted by Gasteiger charge is -2.60. The molecule has 3 rings (SSSR count). The highest BCUT2D eigenvalue weighted by atomic mass is 35.5. The Kier molecular flexibility index (Phi) is 9.24. The Morgan fingerprint density at radius 1 is 0.581 bits per heavy atom. The highest BCUT2D eigenvalue weighted by molar-refractivity contribution is 6.23. The van der Waals surface area contributed by atoms with E-state index in [0.29, 0.717) is 5.92 Å². The number of hydrogen-bond acceptors (Lipinski definition) is 0. The van der Waals surface area contributed by atoms with Gasteiger partial charge in [-0.1, -0.05) is 90.0 Å². The van der Waals surface area contributed by atoms with Crippen molar-refractivity contribution in [2.45, 2.75) is 191 Å². The van der Waals surface area contributed by atoms with Crippen LogP contribution in [0.3, 0.4) is 0 Å². The third kappa shape index (κ3) is 6.39. The van der Waals surface area contributed by atoms with Gasteiger partial charge in [0.15, 0.2) is 0 Å². The fourth-order valence-corrected chi connectivity index (χ4v) is 10.8. The zero-order valence-electron chi connectivity index (χ0n) is 32.1. The molecule has 0 amide bonds. The van der Waals surface area contributed by atoms with Gasteiger partial charge in [-0.3, -0.25) is 0 Å². The summed E-state index contributed by atoms with van der Waals surface area (Å²) in [6.07, 6.45) is 6.84. The predicted molar refractivity (Wildman–Crippen MR) is 194 cm³/mol. The average Bonchev–Trinajstić information content (AvgIpc) is 2.69. The van der Waals surface area contributed by atoms with Gasteiger partial charge in [-0.2, -0.15) is 0 Å². The van der Waals surface area contributed by atoms with Crippen molar-refractivity contribution in [2.75, 3.05) is 0 Å². The Balaban J connectivity index is 1.94. The maximum atomic E-state index is 6.79. The van der Waals surface area contributed by atoms with E-state index in [0.717, 1.165) is 12.8 Å². The van der Waals surface area contributed by atoms with Crippen LogP contribution >= 0.6 is 23.2 Å². The molecule has 1 aromatic rings. The molecule has 2 aliphatic rings. The molecule has 0 aliphatic heterocycles. The smallest absolute Gasteiger partial charge is 0.0396 e.